The van der Waals surface area contributed by atoms with Crippen LogP contribution in [0.2, 0.25) is 0 Å². The van der Waals surface area contributed by atoms with E-state index in [0.717, 1.165) is 11.1 Å². The molecule has 164 valence electrons. The van der Waals surface area contributed by atoms with Gasteiger partial charge in [-0.25, -0.2) is 18.7 Å². The molecule has 0 aliphatic heterocycles. The molecule has 0 saturated carbocycles. The number of anilines is 1. The molecule has 0 spiro atoms. The number of amides is 2. The van der Waals surface area contributed by atoms with E-state index in [-0.39, 0.29) is 29.7 Å². The summed E-state index contributed by atoms with van der Waals surface area (Å²) in [4.78, 5) is 43.0. The molecule has 0 radical (unpaired) electrons. The number of hydrogen-bond acceptors (Lipinski definition) is 7. The Bertz CT molecular complexity index is 969. The lowest BCUT2D eigenvalue weighted by Gasteiger charge is -2.12. The first-order valence-corrected chi connectivity index (χ1v) is 9.59. The van der Waals surface area contributed by atoms with Gasteiger partial charge in [-0.3, -0.25) is 25.2 Å². The van der Waals surface area contributed by atoms with E-state index in [1.54, 1.807) is 13.0 Å². The molecule has 31 heavy (non-hydrogen) atoms. The molecule has 2 amide bonds. The Morgan fingerprint density at radius 1 is 1.13 bits per heavy atom. The van der Waals surface area contributed by atoms with Gasteiger partial charge in [-0.1, -0.05) is 12.1 Å². The number of carbonyl (C=O) groups excluding carboxylic acids is 3. The molecule has 1 heterocycles. The number of halogens is 2. The number of carbonyl (C=O) groups is 3. The minimum Gasteiger partial charge on any atom is -0.466 e. The van der Waals surface area contributed by atoms with Crippen molar-refractivity contribution in [2.45, 2.75) is 38.7 Å². The molecule has 0 fully saturated rings. The van der Waals surface area contributed by atoms with Crippen molar-refractivity contribution in [1.82, 2.24) is 20.8 Å². The van der Waals surface area contributed by atoms with E-state index < -0.39 is 30.6 Å². The van der Waals surface area contributed by atoms with E-state index in [0.29, 0.717) is 12.8 Å². The van der Waals surface area contributed by atoms with Gasteiger partial charge in [-0.05, 0) is 37.0 Å². The van der Waals surface area contributed by atoms with Gasteiger partial charge in [0.05, 0.1) is 12.2 Å². The molecule has 1 aliphatic carbocycles. The lowest BCUT2D eigenvalue weighted by Crippen LogP contribution is -2.42. The Hall–Kier alpha value is -3.63. The molecule has 1 unspecified atom stereocenters. The second-order valence-electron chi connectivity index (χ2n) is 6.86. The summed E-state index contributed by atoms with van der Waals surface area (Å²) in [6.45, 7) is 1.77. The minimum absolute atomic E-state index is 0.000335. The van der Waals surface area contributed by atoms with E-state index in [2.05, 4.69) is 30.9 Å². The molecule has 3 N–H and O–H groups in total. The highest BCUT2D eigenvalue weighted by atomic mass is 19.3. The van der Waals surface area contributed by atoms with Gasteiger partial charge in [-0.2, -0.15) is 0 Å². The van der Waals surface area contributed by atoms with Crippen molar-refractivity contribution in [3.05, 3.63) is 52.8 Å². The van der Waals surface area contributed by atoms with Crippen molar-refractivity contribution in [1.29, 1.82) is 0 Å². The second kappa shape index (κ2) is 9.92. The number of rotatable bonds is 7. The molecule has 1 atom stereocenters. The Kier molecular flexibility index (Phi) is 7.06. The Balaban J connectivity index is 1.49. The first-order chi connectivity index (χ1) is 14.9. The number of benzene rings is 1. The van der Waals surface area contributed by atoms with Crippen molar-refractivity contribution in [3.63, 3.8) is 0 Å². The van der Waals surface area contributed by atoms with E-state index in [1.165, 1.54) is 24.5 Å². The van der Waals surface area contributed by atoms with Crippen LogP contribution in [0.25, 0.3) is 0 Å². The van der Waals surface area contributed by atoms with E-state index in [9.17, 15) is 23.2 Å². The summed E-state index contributed by atoms with van der Waals surface area (Å²) in [6, 6.07) is 4.61. The molecule has 0 saturated heterocycles. The molecular weight excluding hydrogens is 412 g/mol. The maximum atomic E-state index is 12.9. The van der Waals surface area contributed by atoms with Crippen LogP contribution < -0.4 is 16.2 Å². The van der Waals surface area contributed by atoms with Gasteiger partial charge in [0.25, 0.3) is 12.3 Å². The maximum absolute atomic E-state index is 12.9. The van der Waals surface area contributed by atoms with Gasteiger partial charge in [0.15, 0.2) is 0 Å². The molecular formula is C20H21F2N5O4. The second-order valence-corrected chi connectivity index (χ2v) is 6.86. The van der Waals surface area contributed by atoms with Crippen LogP contribution in [0.3, 0.4) is 0 Å². The van der Waals surface area contributed by atoms with Gasteiger partial charge >= 0.3 is 5.97 Å². The number of hydrazine groups is 1. The highest BCUT2D eigenvalue weighted by molar-refractivity contribution is 5.98. The number of alkyl halides is 2. The van der Waals surface area contributed by atoms with Gasteiger partial charge in [0, 0.05) is 24.0 Å². The van der Waals surface area contributed by atoms with Crippen molar-refractivity contribution in [2.24, 2.45) is 0 Å². The van der Waals surface area contributed by atoms with Crippen LogP contribution in [-0.2, 0) is 27.2 Å². The summed E-state index contributed by atoms with van der Waals surface area (Å²) >= 11 is 0. The Morgan fingerprint density at radius 2 is 1.84 bits per heavy atom. The molecule has 0 bridgehead atoms. The number of ether oxygens (including phenoxy) is 1. The summed E-state index contributed by atoms with van der Waals surface area (Å²) in [6.07, 6.45) is 0.744. The molecule has 9 nitrogen and oxygen atoms in total. The zero-order valence-electron chi connectivity index (χ0n) is 16.7. The summed E-state index contributed by atoms with van der Waals surface area (Å²) in [5.41, 5.74) is 6.22. The Morgan fingerprint density at radius 3 is 2.52 bits per heavy atom. The van der Waals surface area contributed by atoms with Crippen LogP contribution >= 0.6 is 0 Å². The lowest BCUT2D eigenvalue weighted by atomic mass is 10.1. The predicted molar refractivity (Wildman–Crippen MR) is 105 cm³/mol. The Labute approximate surface area is 176 Å². The first-order valence-electron chi connectivity index (χ1n) is 9.59. The van der Waals surface area contributed by atoms with Gasteiger partial charge in [0.1, 0.15) is 6.42 Å². The zero-order chi connectivity index (χ0) is 22.4. The summed E-state index contributed by atoms with van der Waals surface area (Å²) in [5.74, 6) is -1.79. The largest absolute Gasteiger partial charge is 0.466 e. The smallest absolute Gasteiger partial charge is 0.315 e. The topological polar surface area (TPSA) is 122 Å². The number of esters is 1. The fourth-order valence-electron chi connectivity index (χ4n) is 3.16. The fraction of sp³-hybridized carbons (Fsp3) is 0.350. The lowest BCUT2D eigenvalue weighted by molar-refractivity contribution is -0.146. The van der Waals surface area contributed by atoms with Crippen LogP contribution in [-0.4, -0.2) is 40.4 Å². The quantitative estimate of drug-likeness (QED) is 0.345. The van der Waals surface area contributed by atoms with Crippen LogP contribution in [0.15, 0.2) is 30.6 Å². The number of nitrogens with one attached hydrogen (secondary N) is 3. The third-order valence-electron chi connectivity index (χ3n) is 4.59. The predicted octanol–water partition coefficient (Wildman–Crippen LogP) is 1.71. The van der Waals surface area contributed by atoms with Crippen LogP contribution in [0.1, 0.15) is 46.8 Å². The standard InChI is InChI=1S/C20H21F2N5O4/c1-2-31-17(29)8-16(28)26-27-19(30)14-9-23-20(24-10-14)25-15-6-11-3-4-12(18(21)22)5-13(11)7-15/h3-5,9-10,15,18H,2,6-8H2,1H3,(H,26,28)(H,27,30)(H,23,24,25). The number of nitrogens with zero attached hydrogens (tertiary/aromatic N) is 2. The molecule has 2 aromatic rings. The summed E-state index contributed by atoms with van der Waals surface area (Å²) in [7, 11) is 0. The van der Waals surface area contributed by atoms with Crippen LogP contribution in [0.5, 0.6) is 0 Å². The summed E-state index contributed by atoms with van der Waals surface area (Å²) in [5, 5.41) is 3.12. The van der Waals surface area contributed by atoms with Crippen molar-refractivity contribution in [3.8, 4) is 0 Å². The normalized spacial score (nSPS) is 14.6. The van der Waals surface area contributed by atoms with Crippen LogP contribution in [0, 0.1) is 0 Å². The van der Waals surface area contributed by atoms with E-state index in [1.807, 2.05) is 0 Å². The van der Waals surface area contributed by atoms with Gasteiger partial charge < -0.3 is 10.1 Å². The molecule has 1 aromatic carbocycles. The van der Waals surface area contributed by atoms with E-state index in [4.69, 9.17) is 0 Å². The summed E-state index contributed by atoms with van der Waals surface area (Å²) < 4.78 is 30.3. The number of aromatic nitrogens is 2. The van der Waals surface area contributed by atoms with Crippen molar-refractivity contribution < 1.29 is 27.9 Å². The fourth-order valence-corrected chi connectivity index (χ4v) is 3.16. The minimum atomic E-state index is -2.51. The average Bonchev–Trinajstić information content (AvgIpc) is 3.14. The van der Waals surface area contributed by atoms with Crippen molar-refractivity contribution in [2.75, 3.05) is 11.9 Å². The first kappa shape index (κ1) is 22.1. The SMILES string of the molecule is CCOC(=O)CC(=O)NNC(=O)c1cnc(NC2Cc3ccc(C(F)F)cc3C2)nc1. The molecule has 3 rings (SSSR count). The number of fused-ring (bicyclic) bond motifs is 1. The zero-order valence-corrected chi connectivity index (χ0v) is 16.7. The molecule has 1 aromatic heterocycles. The van der Waals surface area contributed by atoms with Gasteiger partial charge in [-0.15, -0.1) is 0 Å². The average molecular weight is 433 g/mol. The molecule has 11 heteroatoms. The highest BCUT2D eigenvalue weighted by Gasteiger charge is 2.23. The number of hydrogen-bond donors (Lipinski definition) is 3. The monoisotopic (exact) mass is 433 g/mol. The maximum Gasteiger partial charge on any atom is 0.315 e. The van der Waals surface area contributed by atoms with Crippen molar-refractivity contribution >= 4 is 23.7 Å². The highest BCUT2D eigenvalue weighted by Crippen LogP contribution is 2.28. The van der Waals surface area contributed by atoms with E-state index >= 15 is 0 Å². The molecule has 1 aliphatic rings. The van der Waals surface area contributed by atoms with Crippen LogP contribution in [0.4, 0.5) is 14.7 Å². The third kappa shape index (κ3) is 5.93. The third-order valence-corrected chi connectivity index (χ3v) is 4.59. The van der Waals surface area contributed by atoms with Gasteiger partial charge in [0.2, 0.25) is 11.9 Å².